The van der Waals surface area contributed by atoms with Gasteiger partial charge in [0.2, 0.25) is 5.91 Å². The van der Waals surface area contributed by atoms with Crippen LogP contribution >= 0.6 is 11.3 Å². The first kappa shape index (κ1) is 17.6. The molecule has 25 heavy (non-hydrogen) atoms. The summed E-state index contributed by atoms with van der Waals surface area (Å²) in [6.45, 7) is 8.57. The van der Waals surface area contributed by atoms with E-state index < -0.39 is 5.97 Å². The third-order valence-corrected chi connectivity index (χ3v) is 5.70. The maximum atomic E-state index is 12.1. The van der Waals surface area contributed by atoms with Crippen LogP contribution in [-0.2, 0) is 9.59 Å². The quantitative estimate of drug-likeness (QED) is 0.800. The Bertz CT molecular complexity index is 825. The average molecular weight is 361 g/mol. The van der Waals surface area contributed by atoms with Crippen molar-refractivity contribution in [3.05, 3.63) is 16.3 Å². The minimum atomic E-state index is -1.19. The van der Waals surface area contributed by atoms with Crippen LogP contribution in [0, 0.1) is 20.8 Å². The molecule has 1 amide bonds. The lowest BCUT2D eigenvalue weighted by Gasteiger charge is -2.36. The van der Waals surface area contributed by atoms with E-state index in [0.29, 0.717) is 26.2 Å². The summed E-state index contributed by atoms with van der Waals surface area (Å²) < 4.78 is 0. The minimum absolute atomic E-state index is 0.00201. The molecule has 3 rings (SSSR count). The normalized spacial score (nSPS) is 15.0. The number of carboxylic acid groups (broad SMARTS) is 1. The minimum Gasteiger partial charge on any atom is -0.550 e. The lowest BCUT2D eigenvalue weighted by atomic mass is 10.2. The standard InChI is InChI=1S/C17H22N4O3S/c1-10-11(2)25-17-15(10)16(18-12(3)19-17)21-8-6-20(7-9-21)13(22)4-5-14(23)24/h4-9H2,1-3H3,(H,23,24)/p-1. The van der Waals surface area contributed by atoms with Gasteiger partial charge in [-0.15, -0.1) is 11.3 Å². The Morgan fingerprint density at radius 1 is 1.08 bits per heavy atom. The summed E-state index contributed by atoms with van der Waals surface area (Å²) in [4.78, 5) is 37.9. The molecule has 134 valence electrons. The Morgan fingerprint density at radius 3 is 2.40 bits per heavy atom. The summed E-state index contributed by atoms with van der Waals surface area (Å²) in [6.07, 6.45) is -0.222. The fourth-order valence-corrected chi connectivity index (χ4v) is 4.17. The predicted molar refractivity (Wildman–Crippen MR) is 94.7 cm³/mol. The van der Waals surface area contributed by atoms with Gasteiger partial charge in [0.05, 0.1) is 5.39 Å². The van der Waals surface area contributed by atoms with Gasteiger partial charge >= 0.3 is 0 Å². The van der Waals surface area contributed by atoms with Gasteiger partial charge in [0.25, 0.3) is 0 Å². The van der Waals surface area contributed by atoms with E-state index in [9.17, 15) is 14.7 Å². The summed E-state index contributed by atoms with van der Waals surface area (Å²) in [5, 5.41) is 11.6. The summed E-state index contributed by atoms with van der Waals surface area (Å²) >= 11 is 1.68. The number of carbonyl (C=O) groups excluding carboxylic acids is 2. The number of aliphatic carboxylic acids is 1. The van der Waals surface area contributed by atoms with Crippen LogP contribution in [0.25, 0.3) is 10.2 Å². The number of hydrogen-bond acceptors (Lipinski definition) is 7. The Hall–Kier alpha value is -2.22. The average Bonchev–Trinajstić information content (AvgIpc) is 2.86. The van der Waals surface area contributed by atoms with Gasteiger partial charge in [0.15, 0.2) is 0 Å². The fraction of sp³-hybridized carbons (Fsp3) is 0.529. The zero-order chi connectivity index (χ0) is 18.1. The third kappa shape index (κ3) is 3.58. The zero-order valence-electron chi connectivity index (χ0n) is 14.7. The number of nitrogens with zero attached hydrogens (tertiary/aromatic N) is 4. The van der Waals surface area contributed by atoms with Crippen molar-refractivity contribution in [2.75, 3.05) is 31.1 Å². The van der Waals surface area contributed by atoms with Crippen molar-refractivity contribution in [3.8, 4) is 0 Å². The van der Waals surface area contributed by atoms with Crippen LogP contribution in [0.5, 0.6) is 0 Å². The maximum Gasteiger partial charge on any atom is 0.223 e. The highest BCUT2D eigenvalue weighted by molar-refractivity contribution is 7.18. The topological polar surface area (TPSA) is 89.5 Å². The molecule has 0 bridgehead atoms. The van der Waals surface area contributed by atoms with E-state index in [1.54, 1.807) is 16.2 Å². The molecule has 8 heteroatoms. The van der Waals surface area contributed by atoms with Crippen molar-refractivity contribution in [2.45, 2.75) is 33.6 Å². The number of amides is 1. The van der Waals surface area contributed by atoms with Crippen LogP contribution < -0.4 is 10.0 Å². The van der Waals surface area contributed by atoms with Gasteiger partial charge in [-0.2, -0.15) is 0 Å². The molecular formula is C17H21N4O3S-. The van der Waals surface area contributed by atoms with E-state index in [0.717, 1.165) is 21.9 Å². The molecule has 1 aliphatic rings. The van der Waals surface area contributed by atoms with E-state index >= 15 is 0 Å². The third-order valence-electron chi connectivity index (χ3n) is 4.60. The van der Waals surface area contributed by atoms with Crippen molar-refractivity contribution in [1.29, 1.82) is 0 Å². The smallest absolute Gasteiger partial charge is 0.223 e. The van der Waals surface area contributed by atoms with E-state index in [1.807, 2.05) is 6.92 Å². The lowest BCUT2D eigenvalue weighted by Crippen LogP contribution is -2.49. The van der Waals surface area contributed by atoms with Crippen molar-refractivity contribution >= 4 is 39.2 Å². The summed E-state index contributed by atoms with van der Waals surface area (Å²) in [6, 6.07) is 0. The van der Waals surface area contributed by atoms with E-state index in [-0.39, 0.29) is 18.7 Å². The van der Waals surface area contributed by atoms with Crippen LogP contribution in [0.4, 0.5) is 5.82 Å². The van der Waals surface area contributed by atoms with Gasteiger partial charge in [-0.25, -0.2) is 9.97 Å². The molecule has 0 saturated carbocycles. The molecule has 1 saturated heterocycles. The number of piperazine rings is 1. The SMILES string of the molecule is Cc1nc(N2CCN(C(=O)CCC(=O)[O-])CC2)c2c(C)c(C)sc2n1. The number of thiophene rings is 1. The molecule has 7 nitrogen and oxygen atoms in total. The Balaban J connectivity index is 1.76. The molecule has 2 aromatic heterocycles. The summed E-state index contributed by atoms with van der Waals surface area (Å²) in [5.41, 5.74) is 1.21. The van der Waals surface area contributed by atoms with Crippen LogP contribution in [-0.4, -0.2) is 52.9 Å². The number of hydrogen-bond donors (Lipinski definition) is 0. The monoisotopic (exact) mass is 361 g/mol. The Labute approximate surface area is 150 Å². The highest BCUT2D eigenvalue weighted by Gasteiger charge is 2.24. The van der Waals surface area contributed by atoms with E-state index in [2.05, 4.69) is 28.7 Å². The fourth-order valence-electron chi connectivity index (χ4n) is 3.10. The van der Waals surface area contributed by atoms with Crippen molar-refractivity contribution in [1.82, 2.24) is 14.9 Å². The van der Waals surface area contributed by atoms with Gasteiger partial charge in [-0.05, 0) is 32.8 Å². The number of rotatable bonds is 4. The maximum absolute atomic E-state index is 12.1. The van der Waals surface area contributed by atoms with E-state index in [4.69, 9.17) is 0 Å². The molecule has 0 atom stereocenters. The molecule has 0 N–H and O–H groups in total. The molecular weight excluding hydrogens is 340 g/mol. The van der Waals surface area contributed by atoms with Crippen LogP contribution in [0.2, 0.25) is 0 Å². The molecule has 3 heterocycles. The molecule has 1 fully saturated rings. The predicted octanol–water partition coefficient (Wildman–Crippen LogP) is 0.795. The Morgan fingerprint density at radius 2 is 1.76 bits per heavy atom. The second-order valence-electron chi connectivity index (χ2n) is 6.30. The van der Waals surface area contributed by atoms with Gasteiger partial charge in [-0.3, -0.25) is 4.79 Å². The first-order valence-electron chi connectivity index (χ1n) is 8.33. The highest BCUT2D eigenvalue weighted by Crippen LogP contribution is 2.35. The first-order valence-corrected chi connectivity index (χ1v) is 9.15. The van der Waals surface area contributed by atoms with Gasteiger partial charge in [0, 0.05) is 43.4 Å². The number of aromatic nitrogens is 2. The Kier molecular flexibility index (Phi) is 4.89. The molecule has 0 aromatic carbocycles. The molecule has 1 aliphatic heterocycles. The number of anilines is 1. The zero-order valence-corrected chi connectivity index (χ0v) is 15.5. The molecule has 0 radical (unpaired) electrons. The van der Waals surface area contributed by atoms with E-state index in [1.165, 1.54) is 10.4 Å². The number of carbonyl (C=O) groups is 2. The van der Waals surface area contributed by atoms with Gasteiger partial charge in [-0.1, -0.05) is 0 Å². The summed E-state index contributed by atoms with van der Waals surface area (Å²) in [5.74, 6) is 0.368. The van der Waals surface area contributed by atoms with Crippen LogP contribution in [0.1, 0.15) is 29.1 Å². The van der Waals surface area contributed by atoms with Gasteiger partial charge in [0.1, 0.15) is 16.5 Å². The molecule has 0 unspecified atom stereocenters. The summed E-state index contributed by atoms with van der Waals surface area (Å²) in [7, 11) is 0. The second-order valence-corrected chi connectivity index (χ2v) is 7.50. The lowest BCUT2D eigenvalue weighted by molar-refractivity contribution is -0.305. The molecule has 2 aromatic rings. The van der Waals surface area contributed by atoms with Crippen molar-refractivity contribution in [2.24, 2.45) is 0 Å². The molecule has 0 spiro atoms. The number of aryl methyl sites for hydroxylation is 3. The first-order chi connectivity index (χ1) is 11.9. The number of fused-ring (bicyclic) bond motifs is 1. The number of carboxylic acids is 1. The van der Waals surface area contributed by atoms with Crippen LogP contribution in [0.15, 0.2) is 0 Å². The van der Waals surface area contributed by atoms with Crippen molar-refractivity contribution < 1.29 is 14.7 Å². The largest absolute Gasteiger partial charge is 0.550 e. The molecule has 0 aliphatic carbocycles. The van der Waals surface area contributed by atoms with Gasteiger partial charge < -0.3 is 19.7 Å². The second kappa shape index (κ2) is 6.95. The highest BCUT2D eigenvalue weighted by atomic mass is 32.1. The van der Waals surface area contributed by atoms with Crippen LogP contribution in [0.3, 0.4) is 0 Å². The van der Waals surface area contributed by atoms with Crippen molar-refractivity contribution in [3.63, 3.8) is 0 Å².